The SMILES string of the molecule is Cc1nc(CN2CCN(Cc3cc(=O)n4ccsc4n3)CC2)no1. The number of rotatable bonds is 4. The second-order valence-electron chi connectivity index (χ2n) is 5.92. The Hall–Kier alpha value is -2.10. The van der Waals surface area contributed by atoms with Gasteiger partial charge < -0.3 is 4.52 Å². The quantitative estimate of drug-likeness (QED) is 0.690. The van der Waals surface area contributed by atoms with E-state index in [2.05, 4.69) is 24.9 Å². The maximum absolute atomic E-state index is 12.0. The van der Waals surface area contributed by atoms with Crippen LogP contribution in [0.25, 0.3) is 4.96 Å². The third-order valence-electron chi connectivity index (χ3n) is 4.14. The zero-order valence-electron chi connectivity index (χ0n) is 13.4. The lowest BCUT2D eigenvalue weighted by molar-refractivity contribution is 0.118. The Kier molecular flexibility index (Phi) is 4.13. The minimum absolute atomic E-state index is 0.0117. The molecule has 1 aliphatic heterocycles. The van der Waals surface area contributed by atoms with Crippen molar-refractivity contribution in [2.75, 3.05) is 26.2 Å². The zero-order valence-corrected chi connectivity index (χ0v) is 14.2. The predicted molar refractivity (Wildman–Crippen MR) is 88.9 cm³/mol. The monoisotopic (exact) mass is 346 g/mol. The van der Waals surface area contributed by atoms with E-state index in [0.29, 0.717) is 19.0 Å². The summed E-state index contributed by atoms with van der Waals surface area (Å²) in [7, 11) is 0. The Bertz CT molecular complexity index is 893. The highest BCUT2D eigenvalue weighted by Gasteiger charge is 2.19. The van der Waals surface area contributed by atoms with Crippen LogP contribution in [0.4, 0.5) is 0 Å². The first-order valence-corrected chi connectivity index (χ1v) is 8.75. The molecule has 126 valence electrons. The minimum Gasteiger partial charge on any atom is -0.340 e. The van der Waals surface area contributed by atoms with Gasteiger partial charge >= 0.3 is 0 Å². The Labute approximate surface area is 142 Å². The van der Waals surface area contributed by atoms with Gasteiger partial charge in [0.25, 0.3) is 5.56 Å². The van der Waals surface area contributed by atoms with E-state index in [1.807, 2.05) is 5.38 Å². The molecule has 0 radical (unpaired) electrons. The highest BCUT2D eigenvalue weighted by Crippen LogP contribution is 2.11. The number of thiazole rings is 1. The summed E-state index contributed by atoms with van der Waals surface area (Å²) in [5.41, 5.74) is 0.826. The van der Waals surface area contributed by atoms with E-state index in [1.54, 1.807) is 23.6 Å². The molecule has 1 saturated heterocycles. The van der Waals surface area contributed by atoms with Crippen LogP contribution in [-0.4, -0.2) is 55.5 Å². The summed E-state index contributed by atoms with van der Waals surface area (Å²) in [5, 5.41) is 5.82. The maximum Gasteiger partial charge on any atom is 0.258 e. The van der Waals surface area contributed by atoms with Crippen molar-refractivity contribution in [1.29, 1.82) is 0 Å². The van der Waals surface area contributed by atoms with Crippen LogP contribution in [0.3, 0.4) is 0 Å². The van der Waals surface area contributed by atoms with Gasteiger partial charge in [0.2, 0.25) is 5.89 Å². The first kappa shape index (κ1) is 15.4. The van der Waals surface area contributed by atoms with Crippen molar-refractivity contribution >= 4 is 16.3 Å². The fourth-order valence-corrected chi connectivity index (χ4v) is 3.65. The van der Waals surface area contributed by atoms with Crippen molar-refractivity contribution in [2.24, 2.45) is 0 Å². The van der Waals surface area contributed by atoms with Gasteiger partial charge in [-0.3, -0.25) is 19.0 Å². The van der Waals surface area contributed by atoms with Crippen LogP contribution in [0.5, 0.6) is 0 Å². The average molecular weight is 346 g/mol. The number of nitrogens with zero attached hydrogens (tertiary/aromatic N) is 6. The molecule has 24 heavy (non-hydrogen) atoms. The van der Waals surface area contributed by atoms with Gasteiger partial charge in [-0.05, 0) is 0 Å². The van der Waals surface area contributed by atoms with Crippen LogP contribution in [0.2, 0.25) is 0 Å². The van der Waals surface area contributed by atoms with E-state index in [-0.39, 0.29) is 5.56 Å². The summed E-state index contributed by atoms with van der Waals surface area (Å²) in [6.45, 7) is 6.96. The fraction of sp³-hybridized carbons (Fsp3) is 0.467. The molecule has 0 bridgehead atoms. The van der Waals surface area contributed by atoms with Crippen molar-refractivity contribution in [1.82, 2.24) is 29.3 Å². The van der Waals surface area contributed by atoms with Crippen molar-refractivity contribution in [3.8, 4) is 0 Å². The zero-order chi connectivity index (χ0) is 16.5. The number of hydrogen-bond donors (Lipinski definition) is 0. The average Bonchev–Trinajstić information content (AvgIpc) is 3.18. The summed E-state index contributed by atoms with van der Waals surface area (Å²) in [4.78, 5) is 26.2. The molecule has 0 aliphatic carbocycles. The van der Waals surface area contributed by atoms with E-state index >= 15 is 0 Å². The third kappa shape index (κ3) is 3.23. The number of hydrogen-bond acceptors (Lipinski definition) is 8. The Morgan fingerprint density at radius 3 is 2.62 bits per heavy atom. The second kappa shape index (κ2) is 6.42. The highest BCUT2D eigenvalue weighted by molar-refractivity contribution is 7.15. The van der Waals surface area contributed by atoms with Crippen LogP contribution in [-0.2, 0) is 13.1 Å². The molecule has 3 aromatic rings. The highest BCUT2D eigenvalue weighted by atomic mass is 32.1. The lowest BCUT2D eigenvalue weighted by atomic mass is 10.3. The number of aryl methyl sites for hydroxylation is 1. The molecule has 9 heteroatoms. The largest absolute Gasteiger partial charge is 0.340 e. The Balaban J connectivity index is 1.36. The van der Waals surface area contributed by atoms with Crippen molar-refractivity contribution in [3.63, 3.8) is 0 Å². The van der Waals surface area contributed by atoms with Crippen LogP contribution in [0, 0.1) is 6.92 Å². The number of fused-ring (bicyclic) bond motifs is 1. The van der Waals surface area contributed by atoms with Gasteiger partial charge in [-0.2, -0.15) is 4.98 Å². The maximum atomic E-state index is 12.0. The summed E-state index contributed by atoms with van der Waals surface area (Å²) < 4.78 is 6.59. The molecule has 4 rings (SSSR count). The molecule has 1 aliphatic rings. The van der Waals surface area contributed by atoms with Gasteiger partial charge in [0, 0.05) is 57.3 Å². The smallest absolute Gasteiger partial charge is 0.258 e. The topological polar surface area (TPSA) is 79.8 Å². The van der Waals surface area contributed by atoms with Gasteiger partial charge in [0.15, 0.2) is 10.8 Å². The van der Waals surface area contributed by atoms with E-state index in [9.17, 15) is 4.79 Å². The predicted octanol–water partition coefficient (Wildman–Crippen LogP) is 0.765. The van der Waals surface area contributed by atoms with Gasteiger partial charge in [0.1, 0.15) is 0 Å². The lowest BCUT2D eigenvalue weighted by Crippen LogP contribution is -2.45. The molecule has 0 saturated carbocycles. The van der Waals surface area contributed by atoms with Crippen molar-refractivity contribution in [3.05, 3.63) is 45.4 Å². The molecular formula is C15H18N6O2S. The van der Waals surface area contributed by atoms with E-state index in [1.165, 1.54) is 11.3 Å². The molecule has 0 unspecified atom stereocenters. The van der Waals surface area contributed by atoms with Crippen LogP contribution in [0.1, 0.15) is 17.4 Å². The van der Waals surface area contributed by atoms with E-state index in [0.717, 1.165) is 42.7 Å². The Morgan fingerprint density at radius 1 is 1.17 bits per heavy atom. The summed E-state index contributed by atoms with van der Waals surface area (Å²) in [6, 6.07) is 1.63. The van der Waals surface area contributed by atoms with Crippen LogP contribution < -0.4 is 5.56 Å². The lowest BCUT2D eigenvalue weighted by Gasteiger charge is -2.33. The Morgan fingerprint density at radius 2 is 1.92 bits per heavy atom. The summed E-state index contributed by atoms with van der Waals surface area (Å²) in [6.07, 6.45) is 1.76. The first-order valence-electron chi connectivity index (χ1n) is 7.87. The fourth-order valence-electron chi connectivity index (χ4n) is 2.91. The molecule has 8 nitrogen and oxygen atoms in total. The molecule has 0 atom stereocenters. The molecular weight excluding hydrogens is 328 g/mol. The second-order valence-corrected chi connectivity index (χ2v) is 6.80. The van der Waals surface area contributed by atoms with Crippen molar-refractivity contribution in [2.45, 2.75) is 20.0 Å². The van der Waals surface area contributed by atoms with Crippen LogP contribution >= 0.6 is 11.3 Å². The molecule has 0 aromatic carbocycles. The first-order chi connectivity index (χ1) is 11.7. The third-order valence-corrected chi connectivity index (χ3v) is 4.90. The van der Waals surface area contributed by atoms with Gasteiger partial charge in [-0.15, -0.1) is 11.3 Å². The summed E-state index contributed by atoms with van der Waals surface area (Å²) >= 11 is 1.48. The number of piperazine rings is 1. The minimum atomic E-state index is -0.0117. The van der Waals surface area contributed by atoms with E-state index in [4.69, 9.17) is 4.52 Å². The van der Waals surface area contributed by atoms with E-state index < -0.39 is 0 Å². The van der Waals surface area contributed by atoms with Gasteiger partial charge in [-0.25, -0.2) is 4.98 Å². The molecule has 4 heterocycles. The number of aromatic nitrogens is 4. The van der Waals surface area contributed by atoms with Gasteiger partial charge in [0.05, 0.1) is 12.2 Å². The van der Waals surface area contributed by atoms with Crippen LogP contribution in [0.15, 0.2) is 27.0 Å². The molecule has 0 amide bonds. The standard InChI is InChI=1S/C15H18N6O2S/c1-11-16-13(18-23-11)10-20-4-2-19(3-5-20)9-12-8-14(22)21-6-7-24-15(21)17-12/h6-8H,2-5,9-10H2,1H3. The molecule has 3 aromatic heterocycles. The van der Waals surface area contributed by atoms with Gasteiger partial charge in [-0.1, -0.05) is 5.16 Å². The molecule has 1 fully saturated rings. The van der Waals surface area contributed by atoms with Crippen molar-refractivity contribution < 1.29 is 4.52 Å². The normalized spacial score (nSPS) is 16.9. The molecule has 0 spiro atoms. The summed E-state index contributed by atoms with van der Waals surface area (Å²) in [5.74, 6) is 1.34. The molecule has 0 N–H and O–H groups in total.